The second kappa shape index (κ2) is 5.97. The van der Waals surface area contributed by atoms with Gasteiger partial charge in [0.05, 0.1) is 16.3 Å². The van der Waals surface area contributed by atoms with Crippen LogP contribution in [-0.4, -0.2) is 0 Å². The van der Waals surface area contributed by atoms with Crippen molar-refractivity contribution in [1.82, 2.24) is 0 Å². The number of hydrogen-bond donors (Lipinski definition) is 1. The predicted molar refractivity (Wildman–Crippen MR) is 63.9 cm³/mol. The van der Waals surface area contributed by atoms with E-state index >= 15 is 0 Å². The van der Waals surface area contributed by atoms with Gasteiger partial charge in [0.25, 0.3) is 0 Å². The molecule has 8 heteroatoms. The van der Waals surface area contributed by atoms with Crippen molar-refractivity contribution in [3.05, 3.63) is 40.1 Å². The lowest BCUT2D eigenvalue weighted by molar-refractivity contribution is -0.137. The maximum Gasteiger partial charge on any atom is 0.416 e. The molecular weight excluding hydrogens is 293 g/mol. The molecule has 0 atom stereocenters. The van der Waals surface area contributed by atoms with Crippen molar-refractivity contribution in [2.45, 2.75) is 6.18 Å². The first-order valence-corrected chi connectivity index (χ1v) is 5.29. The Morgan fingerprint density at radius 1 is 1.10 bits per heavy atom. The van der Waals surface area contributed by atoms with Gasteiger partial charge in [0, 0.05) is 0 Å². The van der Waals surface area contributed by atoms with Crippen molar-refractivity contribution in [3.8, 4) is 18.2 Å². The minimum absolute atomic E-state index is 0.0824. The minimum atomic E-state index is -4.58. The molecule has 0 amide bonds. The average Bonchev–Trinajstić information content (AvgIpc) is 2.39. The summed E-state index contributed by atoms with van der Waals surface area (Å²) < 4.78 is 37.7. The van der Waals surface area contributed by atoms with Gasteiger partial charge in [0.1, 0.15) is 23.9 Å². The molecule has 0 spiro atoms. The molecule has 100 valence electrons. The zero-order valence-corrected chi connectivity index (χ0v) is 10.3. The fourth-order valence-electron chi connectivity index (χ4n) is 1.22. The number of benzene rings is 1. The number of nitrogens with one attached hydrogen (secondary N) is 1. The highest BCUT2D eigenvalue weighted by molar-refractivity contribution is 6.33. The summed E-state index contributed by atoms with van der Waals surface area (Å²) >= 11 is 5.71. The summed E-state index contributed by atoms with van der Waals surface area (Å²) in [6, 6.07) is 6.90. The van der Waals surface area contributed by atoms with E-state index in [0.29, 0.717) is 6.07 Å². The maximum absolute atomic E-state index is 12.6. The highest BCUT2D eigenvalue weighted by atomic mass is 35.5. The van der Waals surface area contributed by atoms with Crippen molar-refractivity contribution < 1.29 is 13.2 Å². The number of halogens is 4. The van der Waals surface area contributed by atoms with E-state index in [1.54, 1.807) is 0 Å². The fourth-order valence-corrected chi connectivity index (χ4v) is 1.38. The summed E-state index contributed by atoms with van der Waals surface area (Å²) in [5, 5.41) is 28.2. The molecule has 0 bridgehead atoms. The second-order valence-electron chi connectivity index (χ2n) is 3.40. The first-order chi connectivity index (χ1) is 9.33. The van der Waals surface area contributed by atoms with E-state index < -0.39 is 23.0 Å². The normalized spacial score (nSPS) is 9.85. The molecule has 1 N–H and O–H groups in total. The Morgan fingerprint density at radius 3 is 2.15 bits per heavy atom. The molecule has 0 aliphatic rings. The molecule has 20 heavy (non-hydrogen) atoms. The molecule has 1 rings (SSSR count). The van der Waals surface area contributed by atoms with E-state index in [2.05, 4.69) is 5.32 Å². The van der Waals surface area contributed by atoms with Gasteiger partial charge in [-0.25, -0.2) is 0 Å². The van der Waals surface area contributed by atoms with E-state index in [9.17, 15) is 13.2 Å². The summed E-state index contributed by atoms with van der Waals surface area (Å²) in [7, 11) is 0. The van der Waals surface area contributed by atoms with Crippen LogP contribution < -0.4 is 5.32 Å². The van der Waals surface area contributed by atoms with Gasteiger partial charge in [0.2, 0.25) is 0 Å². The largest absolute Gasteiger partial charge is 0.416 e. The maximum atomic E-state index is 12.6. The first-order valence-electron chi connectivity index (χ1n) is 4.91. The van der Waals surface area contributed by atoms with E-state index in [1.165, 1.54) is 18.2 Å². The molecular formula is C12H4ClF3N4. The number of anilines is 1. The van der Waals surface area contributed by atoms with Crippen LogP contribution in [0.2, 0.25) is 5.02 Å². The number of nitrogens with zero attached hydrogens (tertiary/aromatic N) is 3. The van der Waals surface area contributed by atoms with Gasteiger partial charge in [-0.1, -0.05) is 11.6 Å². The van der Waals surface area contributed by atoms with Crippen LogP contribution in [-0.2, 0) is 6.18 Å². The summed E-state index contributed by atoms with van der Waals surface area (Å²) in [6.07, 6.45) is -4.58. The lowest BCUT2D eigenvalue weighted by atomic mass is 10.1. The zero-order chi connectivity index (χ0) is 15.3. The highest BCUT2D eigenvalue weighted by Gasteiger charge is 2.31. The van der Waals surface area contributed by atoms with Gasteiger partial charge in [-0.3, -0.25) is 0 Å². The quantitative estimate of drug-likeness (QED) is 0.845. The van der Waals surface area contributed by atoms with Crippen LogP contribution in [0.15, 0.2) is 29.5 Å². The minimum Gasteiger partial charge on any atom is -0.344 e. The molecule has 1 aromatic rings. The summed E-state index contributed by atoms with van der Waals surface area (Å²) in [4.78, 5) is 0. The standard InChI is InChI=1S/C12H4ClF3N4/c13-9-2-1-8(12(14,15)16)3-10(9)20-11(6-19)7(4-17)5-18/h1-3,20H. The first kappa shape index (κ1) is 15.4. The Kier molecular flexibility index (Phi) is 4.59. The molecule has 4 nitrogen and oxygen atoms in total. The van der Waals surface area contributed by atoms with Crippen LogP contribution in [0.5, 0.6) is 0 Å². The van der Waals surface area contributed by atoms with E-state index in [-0.39, 0.29) is 10.7 Å². The molecule has 0 saturated carbocycles. The Hall–Kier alpha value is -2.69. The van der Waals surface area contributed by atoms with Crippen LogP contribution in [0.4, 0.5) is 18.9 Å². The van der Waals surface area contributed by atoms with Crippen molar-refractivity contribution in [2.24, 2.45) is 0 Å². The average molecular weight is 297 g/mol. The molecule has 0 fully saturated rings. The zero-order valence-electron chi connectivity index (χ0n) is 9.59. The Morgan fingerprint density at radius 2 is 1.70 bits per heavy atom. The Balaban J connectivity index is 3.30. The van der Waals surface area contributed by atoms with Crippen LogP contribution in [0.3, 0.4) is 0 Å². The van der Waals surface area contributed by atoms with Crippen LogP contribution in [0.1, 0.15) is 5.56 Å². The summed E-state index contributed by atoms with van der Waals surface area (Å²) in [5.41, 5.74) is -2.23. The second-order valence-corrected chi connectivity index (χ2v) is 3.81. The van der Waals surface area contributed by atoms with Crippen molar-refractivity contribution in [1.29, 1.82) is 15.8 Å². The topological polar surface area (TPSA) is 83.4 Å². The molecule has 0 unspecified atom stereocenters. The highest BCUT2D eigenvalue weighted by Crippen LogP contribution is 2.34. The number of rotatable bonds is 2. The van der Waals surface area contributed by atoms with Gasteiger partial charge in [0.15, 0.2) is 5.57 Å². The number of hydrogen-bond acceptors (Lipinski definition) is 4. The van der Waals surface area contributed by atoms with Gasteiger partial charge < -0.3 is 5.32 Å². The molecule has 0 aromatic heterocycles. The van der Waals surface area contributed by atoms with Crippen molar-refractivity contribution in [3.63, 3.8) is 0 Å². The predicted octanol–water partition coefficient (Wildman–Crippen LogP) is 3.60. The smallest absolute Gasteiger partial charge is 0.344 e. The van der Waals surface area contributed by atoms with Gasteiger partial charge >= 0.3 is 6.18 Å². The lowest BCUT2D eigenvalue weighted by Gasteiger charge is -2.11. The monoisotopic (exact) mass is 296 g/mol. The third-order valence-electron chi connectivity index (χ3n) is 2.14. The van der Waals surface area contributed by atoms with E-state index in [0.717, 1.165) is 12.1 Å². The van der Waals surface area contributed by atoms with Gasteiger partial charge in [-0.05, 0) is 18.2 Å². The third kappa shape index (κ3) is 3.41. The fraction of sp³-hybridized carbons (Fsp3) is 0.0833. The molecule has 0 aliphatic heterocycles. The number of nitriles is 3. The summed E-state index contributed by atoms with van der Waals surface area (Å²) in [6.45, 7) is 0. The van der Waals surface area contributed by atoms with Gasteiger partial charge in [-0.15, -0.1) is 0 Å². The third-order valence-corrected chi connectivity index (χ3v) is 2.47. The van der Waals surface area contributed by atoms with Crippen LogP contribution >= 0.6 is 11.6 Å². The SMILES string of the molecule is N#CC(C#N)=C(C#N)Nc1cc(C(F)(F)F)ccc1Cl. The van der Waals surface area contributed by atoms with E-state index in [1.807, 2.05) is 0 Å². The van der Waals surface area contributed by atoms with Crippen molar-refractivity contribution in [2.75, 3.05) is 5.32 Å². The van der Waals surface area contributed by atoms with Crippen LogP contribution in [0.25, 0.3) is 0 Å². The molecule has 0 aliphatic carbocycles. The molecule has 1 aromatic carbocycles. The molecule has 0 heterocycles. The molecule has 0 radical (unpaired) electrons. The van der Waals surface area contributed by atoms with Crippen LogP contribution in [0, 0.1) is 34.0 Å². The Labute approximate surface area is 116 Å². The van der Waals surface area contributed by atoms with Crippen molar-refractivity contribution >= 4 is 17.3 Å². The van der Waals surface area contributed by atoms with E-state index in [4.69, 9.17) is 27.4 Å². The number of allylic oxidation sites excluding steroid dienone is 2. The number of alkyl halides is 3. The Bertz CT molecular complexity index is 671. The molecule has 0 saturated heterocycles. The summed E-state index contributed by atoms with van der Waals surface area (Å²) in [5.74, 6) is 0. The van der Waals surface area contributed by atoms with Gasteiger partial charge in [-0.2, -0.15) is 29.0 Å². The lowest BCUT2D eigenvalue weighted by Crippen LogP contribution is -2.07.